The Morgan fingerprint density at radius 1 is 1.04 bits per heavy atom. The number of rotatable bonds is 8. The van der Waals surface area contributed by atoms with E-state index in [0.29, 0.717) is 0 Å². The highest BCUT2D eigenvalue weighted by atomic mass is 16.5. The molecule has 2 N–H and O–H groups in total. The van der Waals surface area contributed by atoms with Crippen LogP contribution in [-0.2, 0) is 20.9 Å². The Labute approximate surface area is 143 Å². The third kappa shape index (κ3) is 6.81. The highest BCUT2D eigenvalue weighted by Gasteiger charge is 2.25. The summed E-state index contributed by atoms with van der Waals surface area (Å²) in [5, 5.41) is 5.12. The largest absolute Gasteiger partial charge is 0.445 e. The van der Waals surface area contributed by atoms with E-state index < -0.39 is 18.0 Å². The van der Waals surface area contributed by atoms with Crippen molar-refractivity contribution in [3.05, 3.63) is 35.9 Å². The molecule has 0 saturated carbocycles. The SMILES string of the molecule is CC(C)C(=O)CNC(=O)[C@@H](NC(=O)OCc1ccccc1)C(C)C. The van der Waals surface area contributed by atoms with E-state index in [0.717, 1.165) is 5.56 Å². The van der Waals surface area contributed by atoms with Crippen LogP contribution in [0.2, 0.25) is 0 Å². The minimum Gasteiger partial charge on any atom is -0.445 e. The van der Waals surface area contributed by atoms with Gasteiger partial charge in [-0.3, -0.25) is 9.59 Å². The van der Waals surface area contributed by atoms with Gasteiger partial charge in [-0.25, -0.2) is 4.79 Å². The van der Waals surface area contributed by atoms with E-state index in [1.165, 1.54) is 0 Å². The van der Waals surface area contributed by atoms with E-state index in [2.05, 4.69) is 10.6 Å². The van der Waals surface area contributed by atoms with E-state index in [1.807, 2.05) is 44.2 Å². The summed E-state index contributed by atoms with van der Waals surface area (Å²) in [6, 6.07) is 8.52. The topological polar surface area (TPSA) is 84.5 Å². The molecular weight excluding hydrogens is 308 g/mol. The minimum absolute atomic E-state index is 0.0412. The van der Waals surface area contributed by atoms with E-state index >= 15 is 0 Å². The molecule has 1 atom stereocenters. The van der Waals surface area contributed by atoms with Gasteiger partial charge in [0.05, 0.1) is 6.54 Å². The van der Waals surface area contributed by atoms with Crippen molar-refractivity contribution in [3.63, 3.8) is 0 Å². The van der Waals surface area contributed by atoms with Gasteiger partial charge in [-0.2, -0.15) is 0 Å². The predicted octanol–water partition coefficient (Wildman–Crippen LogP) is 2.28. The van der Waals surface area contributed by atoms with Crippen molar-refractivity contribution in [2.45, 2.75) is 40.3 Å². The van der Waals surface area contributed by atoms with Gasteiger partial charge in [-0.15, -0.1) is 0 Å². The Morgan fingerprint density at radius 3 is 2.21 bits per heavy atom. The fourth-order valence-electron chi connectivity index (χ4n) is 1.92. The van der Waals surface area contributed by atoms with Crippen molar-refractivity contribution in [1.29, 1.82) is 0 Å². The second-order valence-electron chi connectivity index (χ2n) is 6.27. The van der Waals surface area contributed by atoms with Crippen molar-refractivity contribution < 1.29 is 19.1 Å². The molecule has 6 heteroatoms. The number of benzene rings is 1. The zero-order valence-corrected chi connectivity index (χ0v) is 14.7. The Kier molecular flexibility index (Phi) is 7.95. The maximum Gasteiger partial charge on any atom is 0.408 e. The molecule has 0 spiro atoms. The highest BCUT2D eigenvalue weighted by molar-refractivity contribution is 5.90. The number of amides is 2. The number of Topliss-reactive ketones (excluding diaryl/α,β-unsaturated/α-hetero) is 1. The molecule has 0 saturated heterocycles. The number of carbonyl (C=O) groups excluding carboxylic acids is 3. The maximum atomic E-state index is 12.2. The first-order chi connectivity index (χ1) is 11.3. The molecule has 0 aromatic heterocycles. The Bertz CT molecular complexity index is 555. The van der Waals surface area contributed by atoms with Crippen LogP contribution in [0.5, 0.6) is 0 Å². The third-order valence-electron chi connectivity index (χ3n) is 3.52. The summed E-state index contributed by atoms with van der Waals surface area (Å²) in [6.07, 6.45) is -0.664. The molecule has 0 aliphatic heterocycles. The Hall–Kier alpha value is -2.37. The van der Waals surface area contributed by atoms with Gasteiger partial charge in [0, 0.05) is 5.92 Å². The van der Waals surface area contributed by atoms with Gasteiger partial charge >= 0.3 is 6.09 Å². The zero-order valence-electron chi connectivity index (χ0n) is 14.7. The van der Waals surface area contributed by atoms with Crippen LogP contribution in [0.4, 0.5) is 4.79 Å². The van der Waals surface area contributed by atoms with Gasteiger partial charge in [0.15, 0.2) is 5.78 Å². The number of ketones is 1. The lowest BCUT2D eigenvalue weighted by molar-refractivity contribution is -0.128. The fourth-order valence-corrected chi connectivity index (χ4v) is 1.92. The molecule has 1 aromatic carbocycles. The summed E-state index contributed by atoms with van der Waals surface area (Å²) in [6.45, 7) is 7.25. The van der Waals surface area contributed by atoms with Crippen molar-refractivity contribution in [3.8, 4) is 0 Å². The van der Waals surface area contributed by atoms with Gasteiger partial charge in [-0.05, 0) is 11.5 Å². The number of carbonyl (C=O) groups is 3. The minimum atomic E-state index is -0.756. The zero-order chi connectivity index (χ0) is 18.1. The third-order valence-corrected chi connectivity index (χ3v) is 3.52. The smallest absolute Gasteiger partial charge is 0.408 e. The summed E-state index contributed by atoms with van der Waals surface area (Å²) >= 11 is 0. The molecule has 0 aliphatic carbocycles. The van der Waals surface area contributed by atoms with Crippen LogP contribution in [0.1, 0.15) is 33.3 Å². The van der Waals surface area contributed by atoms with E-state index in [4.69, 9.17) is 4.74 Å². The molecule has 1 aromatic rings. The van der Waals surface area contributed by atoms with E-state index in [1.54, 1.807) is 13.8 Å². The number of hydrogen-bond acceptors (Lipinski definition) is 4. The van der Waals surface area contributed by atoms with Gasteiger partial charge in [0.1, 0.15) is 12.6 Å². The van der Waals surface area contributed by atoms with Crippen LogP contribution in [0.3, 0.4) is 0 Å². The second kappa shape index (κ2) is 9.70. The lowest BCUT2D eigenvalue weighted by Gasteiger charge is -2.21. The van der Waals surface area contributed by atoms with Crippen LogP contribution < -0.4 is 10.6 Å². The first kappa shape index (κ1) is 19.7. The van der Waals surface area contributed by atoms with Crippen molar-refractivity contribution >= 4 is 17.8 Å². The van der Waals surface area contributed by atoms with E-state index in [-0.39, 0.29) is 30.8 Å². The summed E-state index contributed by atoms with van der Waals surface area (Å²) in [5.74, 6) is -0.733. The molecule has 1 rings (SSSR count). The molecule has 0 unspecified atom stereocenters. The first-order valence-electron chi connectivity index (χ1n) is 8.09. The normalized spacial score (nSPS) is 11.9. The Morgan fingerprint density at radius 2 is 1.67 bits per heavy atom. The highest BCUT2D eigenvalue weighted by Crippen LogP contribution is 2.05. The summed E-state index contributed by atoms with van der Waals surface area (Å²) < 4.78 is 5.13. The van der Waals surface area contributed by atoms with Crippen molar-refractivity contribution in [2.75, 3.05) is 6.54 Å². The van der Waals surface area contributed by atoms with E-state index in [9.17, 15) is 14.4 Å². The second-order valence-corrected chi connectivity index (χ2v) is 6.27. The molecule has 132 valence electrons. The lowest BCUT2D eigenvalue weighted by atomic mass is 10.0. The monoisotopic (exact) mass is 334 g/mol. The van der Waals surface area contributed by atoms with Crippen LogP contribution in [-0.4, -0.2) is 30.4 Å². The van der Waals surface area contributed by atoms with Crippen molar-refractivity contribution in [2.24, 2.45) is 11.8 Å². The van der Waals surface area contributed by atoms with Crippen molar-refractivity contribution in [1.82, 2.24) is 10.6 Å². The average molecular weight is 334 g/mol. The molecular formula is C18H26N2O4. The number of nitrogens with one attached hydrogen (secondary N) is 2. The number of ether oxygens (including phenoxy) is 1. The van der Waals surface area contributed by atoms with Crippen LogP contribution in [0, 0.1) is 11.8 Å². The quantitative estimate of drug-likeness (QED) is 0.764. The molecule has 0 fully saturated rings. The number of hydrogen-bond donors (Lipinski definition) is 2. The predicted molar refractivity (Wildman–Crippen MR) is 91.2 cm³/mol. The molecule has 0 bridgehead atoms. The van der Waals surface area contributed by atoms with Gasteiger partial charge in [-0.1, -0.05) is 58.0 Å². The molecule has 24 heavy (non-hydrogen) atoms. The molecule has 6 nitrogen and oxygen atoms in total. The molecule has 0 aliphatic rings. The molecule has 0 radical (unpaired) electrons. The van der Waals surface area contributed by atoms with Crippen LogP contribution >= 0.6 is 0 Å². The Balaban J connectivity index is 2.50. The van der Waals surface area contributed by atoms with Gasteiger partial charge in [0.25, 0.3) is 0 Å². The maximum absolute atomic E-state index is 12.2. The summed E-state index contributed by atoms with van der Waals surface area (Å²) in [4.78, 5) is 35.7. The first-order valence-corrected chi connectivity index (χ1v) is 8.09. The standard InChI is InChI=1S/C18H26N2O4/c1-12(2)15(21)10-19-17(22)16(13(3)4)20-18(23)24-11-14-8-6-5-7-9-14/h5-9,12-13,16H,10-11H2,1-4H3,(H,19,22)(H,20,23)/t16-/m0/s1. The summed E-state index contributed by atoms with van der Waals surface area (Å²) in [5.41, 5.74) is 0.862. The van der Waals surface area contributed by atoms with Crippen LogP contribution in [0.25, 0.3) is 0 Å². The van der Waals surface area contributed by atoms with Gasteiger partial charge in [0.2, 0.25) is 5.91 Å². The fraction of sp³-hybridized carbons (Fsp3) is 0.500. The van der Waals surface area contributed by atoms with Gasteiger partial charge < -0.3 is 15.4 Å². The number of alkyl carbamates (subject to hydrolysis) is 1. The average Bonchev–Trinajstić information content (AvgIpc) is 2.55. The molecule has 2 amide bonds. The lowest BCUT2D eigenvalue weighted by Crippen LogP contribution is -2.50. The molecule has 0 heterocycles. The summed E-state index contributed by atoms with van der Waals surface area (Å²) in [7, 11) is 0. The van der Waals surface area contributed by atoms with Crippen LogP contribution in [0.15, 0.2) is 30.3 Å².